The third-order valence-electron chi connectivity index (χ3n) is 1.90. The molecule has 4 heteroatoms. The van der Waals surface area contributed by atoms with Crippen molar-refractivity contribution in [2.24, 2.45) is 7.05 Å². The van der Waals surface area contributed by atoms with Crippen molar-refractivity contribution in [1.82, 2.24) is 9.78 Å². The van der Waals surface area contributed by atoms with Crippen LogP contribution in [0.1, 0.15) is 0 Å². The normalized spacial score (nSPS) is 10.8. The van der Waals surface area contributed by atoms with Crippen molar-refractivity contribution in [1.29, 1.82) is 0 Å². The predicted octanol–water partition coefficient (Wildman–Crippen LogP) is 1.92. The van der Waals surface area contributed by atoms with E-state index in [1.54, 1.807) is 6.20 Å². The highest BCUT2D eigenvalue weighted by Gasteiger charge is 2.04. The van der Waals surface area contributed by atoms with E-state index >= 15 is 0 Å². The molecule has 2 aromatic rings. The Morgan fingerprint density at radius 1 is 1.50 bits per heavy atom. The maximum Gasteiger partial charge on any atom is 0.0692 e. The van der Waals surface area contributed by atoms with Gasteiger partial charge in [0.05, 0.1) is 16.2 Å². The number of anilines is 1. The van der Waals surface area contributed by atoms with Crippen LogP contribution in [0.25, 0.3) is 10.9 Å². The number of hydrogen-bond donors (Lipinski definition) is 1. The van der Waals surface area contributed by atoms with Crippen LogP contribution in [0, 0.1) is 0 Å². The van der Waals surface area contributed by atoms with Crippen LogP contribution >= 0.6 is 15.9 Å². The summed E-state index contributed by atoms with van der Waals surface area (Å²) >= 11 is 3.42. The number of fused-ring (bicyclic) bond motifs is 1. The Labute approximate surface area is 78.3 Å². The molecule has 0 saturated carbocycles. The maximum absolute atomic E-state index is 5.71. The van der Waals surface area contributed by atoms with Crippen LogP contribution < -0.4 is 5.73 Å². The van der Waals surface area contributed by atoms with Gasteiger partial charge in [-0.05, 0) is 28.1 Å². The molecule has 0 spiro atoms. The molecule has 0 bridgehead atoms. The summed E-state index contributed by atoms with van der Waals surface area (Å²) in [6.45, 7) is 0. The van der Waals surface area contributed by atoms with Gasteiger partial charge in [0, 0.05) is 18.1 Å². The number of hydrogen-bond acceptors (Lipinski definition) is 2. The van der Waals surface area contributed by atoms with Crippen molar-refractivity contribution in [2.75, 3.05) is 5.73 Å². The molecule has 0 radical (unpaired) electrons. The molecule has 0 fully saturated rings. The van der Waals surface area contributed by atoms with Gasteiger partial charge in [-0.3, -0.25) is 4.68 Å². The lowest BCUT2D eigenvalue weighted by Gasteiger charge is -1.99. The van der Waals surface area contributed by atoms with Crippen molar-refractivity contribution >= 4 is 32.5 Å². The van der Waals surface area contributed by atoms with Gasteiger partial charge in [-0.1, -0.05) is 0 Å². The Balaban J connectivity index is 2.93. The van der Waals surface area contributed by atoms with Crippen LogP contribution in [0.4, 0.5) is 5.69 Å². The number of benzene rings is 1. The second kappa shape index (κ2) is 2.48. The SMILES string of the molecule is Cn1ncc2c(Br)c(N)ccc21. The maximum atomic E-state index is 5.71. The largest absolute Gasteiger partial charge is 0.398 e. The van der Waals surface area contributed by atoms with Crippen LogP contribution in [-0.2, 0) is 7.05 Å². The average Bonchev–Trinajstić information content (AvgIpc) is 2.41. The summed E-state index contributed by atoms with van der Waals surface area (Å²) in [6, 6.07) is 3.83. The molecule has 0 unspecified atom stereocenters. The van der Waals surface area contributed by atoms with E-state index in [2.05, 4.69) is 21.0 Å². The highest BCUT2D eigenvalue weighted by Crippen LogP contribution is 2.28. The molecule has 0 saturated heterocycles. The number of aryl methyl sites for hydroxylation is 1. The van der Waals surface area contributed by atoms with Gasteiger partial charge in [-0.25, -0.2) is 0 Å². The van der Waals surface area contributed by atoms with Crippen LogP contribution in [0.15, 0.2) is 22.8 Å². The molecule has 0 aliphatic rings. The number of nitrogen functional groups attached to an aromatic ring is 1. The Morgan fingerprint density at radius 3 is 3.00 bits per heavy atom. The van der Waals surface area contributed by atoms with Crippen molar-refractivity contribution in [2.45, 2.75) is 0 Å². The number of halogens is 1. The molecule has 3 nitrogen and oxygen atoms in total. The topological polar surface area (TPSA) is 43.8 Å². The summed E-state index contributed by atoms with van der Waals surface area (Å²) in [5.41, 5.74) is 7.54. The summed E-state index contributed by atoms with van der Waals surface area (Å²) in [5.74, 6) is 0. The van der Waals surface area contributed by atoms with E-state index in [-0.39, 0.29) is 0 Å². The monoisotopic (exact) mass is 225 g/mol. The molecule has 1 heterocycles. The lowest BCUT2D eigenvalue weighted by Crippen LogP contribution is -1.90. The number of nitrogens with two attached hydrogens (primary N) is 1. The summed E-state index contributed by atoms with van der Waals surface area (Å²) in [7, 11) is 1.91. The van der Waals surface area contributed by atoms with Crippen molar-refractivity contribution in [3.63, 3.8) is 0 Å². The fraction of sp³-hybridized carbons (Fsp3) is 0.125. The van der Waals surface area contributed by atoms with Gasteiger partial charge in [0.1, 0.15) is 0 Å². The van der Waals surface area contributed by atoms with Gasteiger partial charge in [0.2, 0.25) is 0 Å². The fourth-order valence-electron chi connectivity index (χ4n) is 1.21. The standard InChI is InChI=1S/C8H8BrN3/c1-12-7-3-2-6(10)8(9)5(7)4-11-12/h2-4H,10H2,1H3. The van der Waals surface area contributed by atoms with Gasteiger partial charge < -0.3 is 5.73 Å². The molecule has 0 amide bonds. The molecule has 0 aliphatic carbocycles. The molecular formula is C8H8BrN3. The highest BCUT2D eigenvalue weighted by molar-refractivity contribution is 9.10. The minimum absolute atomic E-state index is 0.746. The van der Waals surface area contributed by atoms with Crippen molar-refractivity contribution in [3.05, 3.63) is 22.8 Å². The zero-order valence-electron chi connectivity index (χ0n) is 6.58. The first-order valence-corrected chi connectivity index (χ1v) is 4.35. The minimum Gasteiger partial charge on any atom is -0.398 e. The van der Waals surface area contributed by atoms with Gasteiger partial charge >= 0.3 is 0 Å². The van der Waals surface area contributed by atoms with Crippen LogP contribution in [-0.4, -0.2) is 9.78 Å². The van der Waals surface area contributed by atoms with E-state index in [0.717, 1.165) is 21.1 Å². The van der Waals surface area contributed by atoms with Crippen molar-refractivity contribution < 1.29 is 0 Å². The Bertz CT molecular complexity index is 433. The lowest BCUT2D eigenvalue weighted by molar-refractivity contribution is 0.797. The summed E-state index contributed by atoms with van der Waals surface area (Å²) in [4.78, 5) is 0. The molecule has 0 atom stereocenters. The zero-order valence-corrected chi connectivity index (χ0v) is 8.17. The van der Waals surface area contributed by atoms with Crippen LogP contribution in [0.2, 0.25) is 0 Å². The zero-order chi connectivity index (χ0) is 8.72. The Morgan fingerprint density at radius 2 is 2.25 bits per heavy atom. The summed E-state index contributed by atoms with van der Waals surface area (Å²) < 4.78 is 2.74. The molecule has 1 aromatic carbocycles. The lowest BCUT2D eigenvalue weighted by atomic mass is 10.2. The third kappa shape index (κ3) is 0.914. The van der Waals surface area contributed by atoms with Crippen LogP contribution in [0.5, 0.6) is 0 Å². The van der Waals surface area contributed by atoms with Gasteiger partial charge in [0.15, 0.2) is 0 Å². The molecule has 0 aliphatic heterocycles. The van der Waals surface area contributed by atoms with E-state index in [4.69, 9.17) is 5.73 Å². The quantitative estimate of drug-likeness (QED) is 0.697. The first-order valence-electron chi connectivity index (χ1n) is 3.56. The van der Waals surface area contributed by atoms with Crippen LogP contribution in [0.3, 0.4) is 0 Å². The first-order chi connectivity index (χ1) is 5.70. The number of nitrogens with zero attached hydrogens (tertiary/aromatic N) is 2. The number of aromatic nitrogens is 2. The van der Waals surface area contributed by atoms with Gasteiger partial charge in [0.25, 0.3) is 0 Å². The van der Waals surface area contributed by atoms with E-state index in [1.165, 1.54) is 0 Å². The summed E-state index contributed by atoms with van der Waals surface area (Å²) in [5, 5.41) is 5.18. The van der Waals surface area contributed by atoms with Gasteiger partial charge in [-0.15, -0.1) is 0 Å². The van der Waals surface area contributed by atoms with E-state index in [0.29, 0.717) is 0 Å². The first kappa shape index (κ1) is 7.61. The Kier molecular flexibility index (Phi) is 1.58. The molecule has 62 valence electrons. The molecular weight excluding hydrogens is 218 g/mol. The third-order valence-corrected chi connectivity index (χ3v) is 2.78. The predicted molar refractivity (Wildman–Crippen MR) is 52.8 cm³/mol. The fourth-order valence-corrected chi connectivity index (χ4v) is 1.65. The molecule has 12 heavy (non-hydrogen) atoms. The van der Waals surface area contributed by atoms with Gasteiger partial charge in [-0.2, -0.15) is 5.10 Å². The van der Waals surface area contributed by atoms with E-state index in [9.17, 15) is 0 Å². The van der Waals surface area contributed by atoms with E-state index in [1.807, 2.05) is 23.9 Å². The molecule has 1 aromatic heterocycles. The van der Waals surface area contributed by atoms with Crippen molar-refractivity contribution in [3.8, 4) is 0 Å². The molecule has 2 N–H and O–H groups in total. The Hall–Kier alpha value is -1.03. The second-order valence-corrected chi connectivity index (χ2v) is 3.46. The highest BCUT2D eigenvalue weighted by atomic mass is 79.9. The summed E-state index contributed by atoms with van der Waals surface area (Å²) in [6.07, 6.45) is 1.80. The smallest absolute Gasteiger partial charge is 0.0692 e. The minimum atomic E-state index is 0.746. The number of rotatable bonds is 0. The molecule has 2 rings (SSSR count). The average molecular weight is 226 g/mol. The second-order valence-electron chi connectivity index (χ2n) is 2.67. The van der Waals surface area contributed by atoms with E-state index < -0.39 is 0 Å².